The fraction of sp³-hybridized carbons (Fsp3) is 0.182. The van der Waals surface area contributed by atoms with Crippen molar-refractivity contribution < 1.29 is 4.39 Å². The smallest absolute Gasteiger partial charge is 0.123 e. The SMILES string of the molecule is CC(c1ccc(F)cc1)n1cc(I)cn1. The lowest BCUT2D eigenvalue weighted by atomic mass is 10.1. The van der Waals surface area contributed by atoms with Gasteiger partial charge < -0.3 is 0 Å². The molecule has 1 unspecified atom stereocenters. The van der Waals surface area contributed by atoms with Crippen LogP contribution in [0.5, 0.6) is 0 Å². The van der Waals surface area contributed by atoms with Crippen LogP contribution in [0, 0.1) is 9.39 Å². The highest BCUT2D eigenvalue weighted by atomic mass is 127. The van der Waals surface area contributed by atoms with Gasteiger partial charge in [0.15, 0.2) is 0 Å². The Bertz CT molecular complexity index is 450. The second kappa shape index (κ2) is 4.30. The highest BCUT2D eigenvalue weighted by Crippen LogP contribution is 2.18. The summed E-state index contributed by atoms with van der Waals surface area (Å²) in [4.78, 5) is 0. The molecule has 0 aliphatic rings. The molecule has 0 amide bonds. The molecule has 0 bridgehead atoms. The third-order valence-electron chi connectivity index (χ3n) is 2.32. The fourth-order valence-electron chi connectivity index (χ4n) is 1.42. The zero-order valence-corrected chi connectivity index (χ0v) is 10.3. The summed E-state index contributed by atoms with van der Waals surface area (Å²) in [5.74, 6) is -0.207. The molecule has 0 aliphatic heterocycles. The van der Waals surface area contributed by atoms with Crippen molar-refractivity contribution in [3.63, 3.8) is 0 Å². The van der Waals surface area contributed by atoms with Crippen LogP contribution < -0.4 is 0 Å². The Hall–Kier alpha value is -0.910. The van der Waals surface area contributed by atoms with Crippen molar-refractivity contribution in [2.75, 3.05) is 0 Å². The standard InChI is InChI=1S/C11H10FIN2/c1-8(15-7-11(13)6-14-15)9-2-4-10(12)5-3-9/h2-8H,1H3. The monoisotopic (exact) mass is 316 g/mol. The van der Waals surface area contributed by atoms with Gasteiger partial charge in [-0.2, -0.15) is 5.10 Å². The van der Waals surface area contributed by atoms with Gasteiger partial charge in [0.05, 0.1) is 15.8 Å². The molecule has 1 heterocycles. The van der Waals surface area contributed by atoms with E-state index in [1.54, 1.807) is 18.3 Å². The van der Waals surface area contributed by atoms with Crippen LogP contribution in [0.4, 0.5) is 4.39 Å². The van der Waals surface area contributed by atoms with Crippen LogP contribution in [-0.4, -0.2) is 9.78 Å². The molecule has 78 valence electrons. The highest BCUT2D eigenvalue weighted by molar-refractivity contribution is 14.1. The first-order chi connectivity index (χ1) is 7.16. The first-order valence-electron chi connectivity index (χ1n) is 4.62. The van der Waals surface area contributed by atoms with Gasteiger partial charge in [0.2, 0.25) is 0 Å². The molecule has 1 atom stereocenters. The maximum Gasteiger partial charge on any atom is 0.123 e. The molecular formula is C11H10FIN2. The van der Waals surface area contributed by atoms with E-state index in [2.05, 4.69) is 27.7 Å². The zero-order chi connectivity index (χ0) is 10.8. The van der Waals surface area contributed by atoms with Crippen molar-refractivity contribution in [3.05, 3.63) is 51.6 Å². The molecular weight excluding hydrogens is 306 g/mol. The maximum absolute atomic E-state index is 12.7. The second-order valence-electron chi connectivity index (χ2n) is 3.37. The van der Waals surface area contributed by atoms with E-state index in [1.807, 2.05) is 17.8 Å². The average molecular weight is 316 g/mol. The Morgan fingerprint density at radius 2 is 2.00 bits per heavy atom. The van der Waals surface area contributed by atoms with Crippen LogP contribution in [0.1, 0.15) is 18.5 Å². The molecule has 0 radical (unpaired) electrons. The molecule has 0 N–H and O–H groups in total. The summed E-state index contributed by atoms with van der Waals surface area (Å²) in [6, 6.07) is 6.65. The van der Waals surface area contributed by atoms with Gasteiger partial charge in [-0.3, -0.25) is 4.68 Å². The predicted molar refractivity (Wildman–Crippen MR) is 65.2 cm³/mol. The lowest BCUT2D eigenvalue weighted by Gasteiger charge is -2.12. The van der Waals surface area contributed by atoms with Crippen LogP contribution in [0.25, 0.3) is 0 Å². The summed E-state index contributed by atoms with van der Waals surface area (Å²) >= 11 is 2.22. The lowest BCUT2D eigenvalue weighted by Crippen LogP contribution is -2.06. The third-order valence-corrected chi connectivity index (χ3v) is 2.88. The van der Waals surface area contributed by atoms with Gasteiger partial charge in [0.1, 0.15) is 5.82 Å². The summed E-state index contributed by atoms with van der Waals surface area (Å²) in [6.07, 6.45) is 3.77. The highest BCUT2D eigenvalue weighted by Gasteiger charge is 2.08. The van der Waals surface area contributed by atoms with Gasteiger partial charge in [-0.1, -0.05) is 12.1 Å². The first-order valence-corrected chi connectivity index (χ1v) is 5.70. The van der Waals surface area contributed by atoms with E-state index in [0.29, 0.717) is 0 Å². The van der Waals surface area contributed by atoms with Crippen LogP contribution in [0.3, 0.4) is 0 Å². The molecule has 0 spiro atoms. The molecule has 0 saturated heterocycles. The number of aromatic nitrogens is 2. The van der Waals surface area contributed by atoms with Gasteiger partial charge in [-0.25, -0.2) is 4.39 Å². The molecule has 0 saturated carbocycles. The molecule has 15 heavy (non-hydrogen) atoms. The number of hydrogen-bond donors (Lipinski definition) is 0. The topological polar surface area (TPSA) is 17.8 Å². The van der Waals surface area contributed by atoms with E-state index >= 15 is 0 Å². The van der Waals surface area contributed by atoms with E-state index < -0.39 is 0 Å². The minimum Gasteiger partial charge on any atom is -0.264 e. The second-order valence-corrected chi connectivity index (χ2v) is 4.61. The summed E-state index contributed by atoms with van der Waals surface area (Å²) in [5.41, 5.74) is 1.05. The summed E-state index contributed by atoms with van der Waals surface area (Å²) < 4.78 is 15.7. The van der Waals surface area contributed by atoms with E-state index in [9.17, 15) is 4.39 Å². The number of nitrogens with zero attached hydrogens (tertiary/aromatic N) is 2. The maximum atomic E-state index is 12.7. The van der Waals surface area contributed by atoms with Gasteiger partial charge in [-0.15, -0.1) is 0 Å². The summed E-state index contributed by atoms with van der Waals surface area (Å²) in [6.45, 7) is 2.04. The number of benzene rings is 1. The number of hydrogen-bond acceptors (Lipinski definition) is 1. The van der Waals surface area contributed by atoms with Crippen molar-refractivity contribution in [1.82, 2.24) is 9.78 Å². The van der Waals surface area contributed by atoms with Crippen LogP contribution in [0.2, 0.25) is 0 Å². The predicted octanol–water partition coefficient (Wildman–Crippen LogP) is 3.24. The van der Waals surface area contributed by atoms with Crippen molar-refractivity contribution in [2.45, 2.75) is 13.0 Å². The molecule has 1 aromatic heterocycles. The van der Waals surface area contributed by atoms with Crippen molar-refractivity contribution in [3.8, 4) is 0 Å². The normalized spacial score (nSPS) is 12.7. The molecule has 0 aliphatic carbocycles. The Morgan fingerprint density at radius 3 is 2.53 bits per heavy atom. The molecule has 4 heteroatoms. The van der Waals surface area contributed by atoms with E-state index in [1.165, 1.54) is 12.1 Å². The van der Waals surface area contributed by atoms with Gasteiger partial charge >= 0.3 is 0 Å². The summed E-state index contributed by atoms with van der Waals surface area (Å²) in [7, 11) is 0. The average Bonchev–Trinajstić information content (AvgIpc) is 2.65. The van der Waals surface area contributed by atoms with Gasteiger partial charge in [0, 0.05) is 6.20 Å². The van der Waals surface area contributed by atoms with Crippen molar-refractivity contribution >= 4 is 22.6 Å². The minimum absolute atomic E-state index is 0.133. The Balaban J connectivity index is 2.28. The molecule has 2 aromatic rings. The Labute approximate surface area is 101 Å². The molecule has 2 nitrogen and oxygen atoms in total. The van der Waals surface area contributed by atoms with E-state index in [4.69, 9.17) is 0 Å². The van der Waals surface area contributed by atoms with Crippen LogP contribution >= 0.6 is 22.6 Å². The third kappa shape index (κ3) is 2.37. The van der Waals surface area contributed by atoms with Gasteiger partial charge in [-0.05, 0) is 47.2 Å². The Kier molecular flexibility index (Phi) is 3.04. The molecule has 2 rings (SSSR count). The minimum atomic E-state index is -0.207. The van der Waals surface area contributed by atoms with Crippen LogP contribution in [-0.2, 0) is 0 Å². The molecule has 1 aromatic carbocycles. The van der Waals surface area contributed by atoms with E-state index in [-0.39, 0.29) is 11.9 Å². The quantitative estimate of drug-likeness (QED) is 0.778. The lowest BCUT2D eigenvalue weighted by molar-refractivity contribution is 0.561. The Morgan fingerprint density at radius 1 is 1.33 bits per heavy atom. The summed E-state index contributed by atoms with van der Waals surface area (Å²) in [5, 5.41) is 4.23. The van der Waals surface area contributed by atoms with Crippen LogP contribution in [0.15, 0.2) is 36.7 Å². The fourth-order valence-corrected chi connectivity index (χ4v) is 1.83. The zero-order valence-electron chi connectivity index (χ0n) is 8.19. The molecule has 0 fully saturated rings. The number of rotatable bonds is 2. The first kappa shape index (κ1) is 10.6. The largest absolute Gasteiger partial charge is 0.264 e. The van der Waals surface area contributed by atoms with Crippen molar-refractivity contribution in [1.29, 1.82) is 0 Å². The number of halogens is 2. The van der Waals surface area contributed by atoms with Gasteiger partial charge in [0.25, 0.3) is 0 Å². The van der Waals surface area contributed by atoms with Crippen molar-refractivity contribution in [2.24, 2.45) is 0 Å². The van der Waals surface area contributed by atoms with E-state index in [0.717, 1.165) is 9.13 Å².